The lowest BCUT2D eigenvalue weighted by Gasteiger charge is -2.26. The normalized spacial score (nSPS) is 14.0. The van der Waals surface area contributed by atoms with Crippen molar-refractivity contribution in [2.45, 2.75) is 52.2 Å². The van der Waals surface area contributed by atoms with Crippen molar-refractivity contribution in [3.8, 4) is 5.75 Å². The highest BCUT2D eigenvalue weighted by Crippen LogP contribution is 2.44. The molecule has 8 aromatic rings. The van der Waals surface area contributed by atoms with Crippen LogP contribution in [0.3, 0.4) is 0 Å². The number of aromatic hydroxyl groups is 1. The van der Waals surface area contributed by atoms with Crippen LogP contribution in [0.2, 0.25) is 0 Å². The lowest BCUT2D eigenvalue weighted by atomic mass is 9.99. The number of nitrogens with zero attached hydrogens (tertiary/aromatic N) is 2. The minimum absolute atomic E-state index is 0.0896. The van der Waals surface area contributed by atoms with E-state index in [1.807, 2.05) is 48.5 Å². The number of para-hydroxylation sites is 1. The standard InChI is InChI=1S/C52H48N6O2/c1-33-10-25-41(26-11-33)58(42-27-12-34(2)13-28-42)43-29-16-36(17-30-43)7-5-6-35-14-21-39(22-15-35)54-52(60)46-32-37-18-31-45-44-8-3-4-9-47(44)55-49(45)48(37)50(51(46)59)57-56-40-23-19-38(53)20-24-40/h3-4,8-19,21-23,25-32,52-55,57,59-60H,5-7,20,24H2,1-2H3. The van der Waals surface area contributed by atoms with Gasteiger partial charge in [-0.25, -0.2) is 0 Å². The highest BCUT2D eigenvalue weighted by atomic mass is 16.3. The molecule has 1 heterocycles. The third-order valence-corrected chi connectivity index (χ3v) is 11.5. The molecule has 0 saturated carbocycles. The number of H-pyrrole nitrogens is 1. The van der Waals surface area contributed by atoms with E-state index in [0.717, 1.165) is 80.3 Å². The van der Waals surface area contributed by atoms with Gasteiger partial charge in [-0.05, 0) is 135 Å². The molecule has 298 valence electrons. The number of phenolic OH excluding ortho intramolecular Hbond substituents is 1. The molecule has 0 amide bonds. The first-order valence-corrected chi connectivity index (χ1v) is 20.6. The predicted octanol–water partition coefficient (Wildman–Crippen LogP) is 12.7. The maximum Gasteiger partial charge on any atom is 0.154 e. The molecule has 8 heteroatoms. The van der Waals surface area contributed by atoms with Crippen molar-refractivity contribution in [2.24, 2.45) is 5.10 Å². The largest absolute Gasteiger partial charge is 0.505 e. The van der Waals surface area contributed by atoms with E-state index in [9.17, 15) is 10.2 Å². The molecule has 0 radical (unpaired) electrons. The van der Waals surface area contributed by atoms with Crippen LogP contribution in [-0.2, 0) is 12.8 Å². The molecule has 1 unspecified atom stereocenters. The Balaban J connectivity index is 0.892. The van der Waals surface area contributed by atoms with Crippen molar-refractivity contribution in [1.82, 2.24) is 4.98 Å². The molecule has 6 N–H and O–H groups in total. The number of rotatable bonds is 12. The molecule has 0 fully saturated rings. The van der Waals surface area contributed by atoms with Gasteiger partial charge in [-0.15, -0.1) is 0 Å². The zero-order valence-corrected chi connectivity index (χ0v) is 33.8. The second-order valence-electron chi connectivity index (χ2n) is 15.8. The van der Waals surface area contributed by atoms with E-state index >= 15 is 0 Å². The van der Waals surface area contributed by atoms with Gasteiger partial charge >= 0.3 is 0 Å². The van der Waals surface area contributed by atoms with E-state index in [-0.39, 0.29) is 5.75 Å². The maximum absolute atomic E-state index is 11.8. The number of anilines is 5. The van der Waals surface area contributed by atoms with Crippen LogP contribution in [0.15, 0.2) is 157 Å². The molecule has 8 nitrogen and oxygen atoms in total. The quantitative estimate of drug-likeness (QED) is 0.0418. The SMILES string of the molecule is Cc1ccc(N(c2ccc(C)cc2)c2ccc(CCCc3ccc(NC(O)c4cc5ccc6c7ccccc7[nH]c6c5c(NN=C5C=CC(=N)CC5)c4O)cc3)cc2)cc1. The van der Waals surface area contributed by atoms with E-state index in [1.165, 1.54) is 22.3 Å². The lowest BCUT2D eigenvalue weighted by molar-refractivity contribution is 0.204. The number of hydrogen-bond acceptors (Lipinski definition) is 7. The van der Waals surface area contributed by atoms with Crippen molar-refractivity contribution in [1.29, 1.82) is 5.41 Å². The number of nitrogens with one attached hydrogen (secondary N) is 4. The number of aliphatic hydroxyl groups excluding tert-OH is 1. The predicted molar refractivity (Wildman–Crippen MR) is 250 cm³/mol. The van der Waals surface area contributed by atoms with Crippen molar-refractivity contribution in [3.63, 3.8) is 0 Å². The molecule has 0 bridgehead atoms. The Morgan fingerprint density at radius 1 is 0.717 bits per heavy atom. The molecule has 1 aromatic heterocycles. The topological polar surface area (TPSA) is 120 Å². The van der Waals surface area contributed by atoms with Gasteiger partial charge in [0.15, 0.2) is 6.23 Å². The Kier molecular flexibility index (Phi) is 10.6. The number of aromatic amines is 1. The van der Waals surface area contributed by atoms with E-state index in [2.05, 4.69) is 137 Å². The molecule has 60 heavy (non-hydrogen) atoms. The zero-order valence-electron chi connectivity index (χ0n) is 33.8. The van der Waals surface area contributed by atoms with Crippen molar-refractivity contribution in [3.05, 3.63) is 179 Å². The van der Waals surface area contributed by atoms with Gasteiger partial charge in [0.05, 0.1) is 11.2 Å². The van der Waals surface area contributed by atoms with Crippen molar-refractivity contribution < 1.29 is 10.2 Å². The number of fused-ring (bicyclic) bond motifs is 5. The summed E-state index contributed by atoms with van der Waals surface area (Å²) < 4.78 is 0. The summed E-state index contributed by atoms with van der Waals surface area (Å²) in [7, 11) is 0. The second kappa shape index (κ2) is 16.6. The van der Waals surface area contributed by atoms with Gasteiger partial charge < -0.3 is 30.8 Å². The van der Waals surface area contributed by atoms with Crippen LogP contribution >= 0.6 is 0 Å². The number of aryl methyl sites for hydroxylation is 4. The van der Waals surface area contributed by atoms with E-state index in [1.54, 1.807) is 6.08 Å². The van der Waals surface area contributed by atoms with Gasteiger partial charge in [0.25, 0.3) is 0 Å². The van der Waals surface area contributed by atoms with Crippen LogP contribution in [0.4, 0.5) is 28.4 Å². The van der Waals surface area contributed by atoms with Crippen LogP contribution < -0.4 is 15.6 Å². The zero-order chi connectivity index (χ0) is 41.2. The van der Waals surface area contributed by atoms with Crippen molar-refractivity contribution >= 4 is 72.4 Å². The number of aliphatic hydroxyl groups is 1. The van der Waals surface area contributed by atoms with Gasteiger partial charge in [0.1, 0.15) is 11.4 Å². The third-order valence-electron chi connectivity index (χ3n) is 11.5. The van der Waals surface area contributed by atoms with Crippen LogP contribution in [0.25, 0.3) is 32.6 Å². The molecule has 1 aliphatic carbocycles. The summed E-state index contributed by atoms with van der Waals surface area (Å²) >= 11 is 0. The van der Waals surface area contributed by atoms with Gasteiger partial charge in [0, 0.05) is 55.7 Å². The fourth-order valence-corrected chi connectivity index (χ4v) is 8.13. The maximum atomic E-state index is 11.8. The molecule has 9 rings (SSSR count). The third kappa shape index (κ3) is 7.97. The average molecular weight is 789 g/mol. The number of allylic oxidation sites excluding steroid dienone is 2. The van der Waals surface area contributed by atoms with Gasteiger partial charge in [-0.2, -0.15) is 5.10 Å². The first-order chi connectivity index (χ1) is 29.3. The summed E-state index contributed by atoms with van der Waals surface area (Å²) in [4.78, 5) is 5.85. The molecule has 1 aliphatic rings. The molecule has 1 atom stereocenters. The van der Waals surface area contributed by atoms with Crippen LogP contribution in [0.5, 0.6) is 5.75 Å². The summed E-state index contributed by atoms with van der Waals surface area (Å²) in [5.74, 6) is -0.0896. The monoisotopic (exact) mass is 788 g/mol. The highest BCUT2D eigenvalue weighted by Gasteiger charge is 2.22. The number of benzene rings is 7. The van der Waals surface area contributed by atoms with E-state index in [0.29, 0.717) is 29.8 Å². The van der Waals surface area contributed by atoms with Crippen LogP contribution in [0.1, 0.15) is 53.3 Å². The van der Waals surface area contributed by atoms with Gasteiger partial charge in [-0.1, -0.05) is 90.0 Å². The Morgan fingerprint density at radius 2 is 1.33 bits per heavy atom. The minimum atomic E-state index is -1.20. The Labute approximate surface area is 350 Å². The first-order valence-electron chi connectivity index (χ1n) is 20.6. The smallest absolute Gasteiger partial charge is 0.154 e. The number of aromatic nitrogens is 1. The number of hydrogen-bond donors (Lipinski definition) is 6. The molecule has 0 spiro atoms. The highest BCUT2D eigenvalue weighted by molar-refractivity contribution is 6.21. The molecule has 0 aliphatic heterocycles. The Hall–Kier alpha value is -7.16. The fraction of sp³-hybridized carbons (Fsp3) is 0.154. The number of phenols is 1. The summed E-state index contributed by atoms with van der Waals surface area (Å²) in [5.41, 5.74) is 16.2. The molecule has 0 saturated heterocycles. The summed E-state index contributed by atoms with van der Waals surface area (Å²) in [6.07, 6.45) is 6.49. The minimum Gasteiger partial charge on any atom is -0.505 e. The number of hydrazone groups is 1. The second-order valence-corrected chi connectivity index (χ2v) is 15.8. The summed E-state index contributed by atoms with van der Waals surface area (Å²) in [5, 5.41) is 42.9. The van der Waals surface area contributed by atoms with Crippen LogP contribution in [0, 0.1) is 19.3 Å². The van der Waals surface area contributed by atoms with E-state index in [4.69, 9.17) is 5.41 Å². The van der Waals surface area contributed by atoms with Crippen molar-refractivity contribution in [2.75, 3.05) is 15.6 Å². The van der Waals surface area contributed by atoms with Gasteiger partial charge in [-0.3, -0.25) is 5.43 Å². The Bertz CT molecular complexity index is 2850. The molecular formula is C52H48N6O2. The summed E-state index contributed by atoms with van der Waals surface area (Å²) in [6.45, 7) is 4.23. The van der Waals surface area contributed by atoms with E-state index < -0.39 is 6.23 Å². The molecule has 7 aromatic carbocycles. The average Bonchev–Trinajstić information content (AvgIpc) is 3.65. The first kappa shape index (κ1) is 38.4. The Morgan fingerprint density at radius 3 is 1.97 bits per heavy atom. The van der Waals surface area contributed by atoms with Gasteiger partial charge in [0.2, 0.25) is 0 Å². The fourth-order valence-electron chi connectivity index (χ4n) is 8.13. The lowest BCUT2D eigenvalue weighted by Crippen LogP contribution is -2.11. The summed E-state index contributed by atoms with van der Waals surface area (Å²) in [6, 6.07) is 48.4. The van der Waals surface area contributed by atoms with Crippen LogP contribution in [-0.4, -0.2) is 26.6 Å². The molecular weight excluding hydrogens is 741 g/mol.